The van der Waals surface area contributed by atoms with E-state index in [0.717, 1.165) is 49.5 Å². The Kier molecular flexibility index (Phi) is 6.79. The van der Waals surface area contributed by atoms with E-state index in [9.17, 15) is 9.18 Å². The Morgan fingerprint density at radius 2 is 2.08 bits per heavy atom. The van der Waals surface area contributed by atoms with Crippen molar-refractivity contribution in [3.63, 3.8) is 0 Å². The Labute approximate surface area is 232 Å². The molecule has 0 spiro atoms. The number of hydrogen-bond acceptors (Lipinski definition) is 9. The fourth-order valence-corrected chi connectivity index (χ4v) is 6.36. The van der Waals surface area contributed by atoms with Gasteiger partial charge in [-0.2, -0.15) is 4.98 Å². The molecule has 4 heterocycles. The van der Waals surface area contributed by atoms with Gasteiger partial charge < -0.3 is 31.3 Å². The zero-order valence-electron chi connectivity index (χ0n) is 23.0. The van der Waals surface area contributed by atoms with Gasteiger partial charge in [-0.05, 0) is 63.4 Å². The fraction of sp³-hybridized carbons (Fsp3) is 0.448. The van der Waals surface area contributed by atoms with Gasteiger partial charge in [0, 0.05) is 67.0 Å². The molecule has 4 fully saturated rings. The summed E-state index contributed by atoms with van der Waals surface area (Å²) in [7, 11) is 1.57. The standard InChI is InChI=1S/C29H35FN8O2/c1-16-13-38(14-17(2)35-16)24-5-4-21(27(39)36-20-6-19(11-32-3)25(31)23(30)7-20)26-22(24)12-33-28(37-26)40-15-29-8-18(9-29)10-34-29/h4-7,11-12,16-18,34-35H,8-10,13-15,31H2,1-3H3,(H,36,39)/t16-,17+,18?,29?. The summed E-state index contributed by atoms with van der Waals surface area (Å²) in [6.45, 7) is 7.43. The summed E-state index contributed by atoms with van der Waals surface area (Å²) in [5, 5.41) is 10.7. The molecule has 1 saturated carbocycles. The van der Waals surface area contributed by atoms with E-state index in [4.69, 9.17) is 15.5 Å². The van der Waals surface area contributed by atoms with Gasteiger partial charge in [0.15, 0.2) is 0 Å². The molecular weight excluding hydrogens is 511 g/mol. The first kappa shape index (κ1) is 26.4. The van der Waals surface area contributed by atoms with Gasteiger partial charge >= 0.3 is 6.01 Å². The van der Waals surface area contributed by atoms with Crippen LogP contribution in [0.5, 0.6) is 6.01 Å². The Hall–Kier alpha value is -3.83. The van der Waals surface area contributed by atoms with E-state index >= 15 is 0 Å². The third-order valence-corrected chi connectivity index (χ3v) is 8.14. The minimum Gasteiger partial charge on any atom is -0.461 e. The molecule has 4 aliphatic rings. The molecule has 40 heavy (non-hydrogen) atoms. The number of carbonyl (C=O) groups excluding carboxylic acids is 1. The molecule has 0 unspecified atom stereocenters. The normalized spacial score (nSPS) is 25.8. The predicted molar refractivity (Wildman–Crippen MR) is 155 cm³/mol. The van der Waals surface area contributed by atoms with Crippen molar-refractivity contribution in [3.05, 3.63) is 47.4 Å². The first-order valence-corrected chi connectivity index (χ1v) is 13.7. The average molecular weight is 547 g/mol. The molecule has 1 aliphatic carbocycles. The lowest BCUT2D eigenvalue weighted by molar-refractivity contribution is 0.102. The first-order chi connectivity index (χ1) is 19.2. The highest BCUT2D eigenvalue weighted by atomic mass is 19.1. The number of anilines is 3. The Balaban J connectivity index is 1.35. The monoisotopic (exact) mass is 546 g/mol. The molecule has 210 valence electrons. The molecule has 3 aliphatic heterocycles. The SMILES string of the molecule is CN=Cc1cc(NC(=O)c2ccc(N3C[C@@H](C)N[C@@H](C)C3)c3cnc(OCC45CC(CN4)C5)nc23)cc(F)c1N. The summed E-state index contributed by atoms with van der Waals surface area (Å²) in [5.41, 5.74) is 8.24. The number of nitrogen functional groups attached to an aromatic ring is 1. The van der Waals surface area contributed by atoms with E-state index in [0.29, 0.717) is 35.3 Å². The highest BCUT2D eigenvalue weighted by Crippen LogP contribution is 2.43. The molecule has 2 aromatic carbocycles. The van der Waals surface area contributed by atoms with Crippen LogP contribution in [0, 0.1) is 11.7 Å². The Morgan fingerprint density at radius 3 is 2.77 bits per heavy atom. The van der Waals surface area contributed by atoms with Crippen LogP contribution in [-0.4, -0.2) is 73.0 Å². The minimum atomic E-state index is -0.633. The molecule has 5 N–H and O–H groups in total. The van der Waals surface area contributed by atoms with Gasteiger partial charge in [0.1, 0.15) is 12.4 Å². The third-order valence-electron chi connectivity index (χ3n) is 8.14. The summed E-state index contributed by atoms with van der Waals surface area (Å²) >= 11 is 0. The van der Waals surface area contributed by atoms with Crippen molar-refractivity contribution in [1.82, 2.24) is 20.6 Å². The average Bonchev–Trinajstić information content (AvgIpc) is 3.51. The Bertz CT molecular complexity index is 1470. The van der Waals surface area contributed by atoms with Gasteiger partial charge in [-0.25, -0.2) is 9.37 Å². The Morgan fingerprint density at radius 1 is 1.30 bits per heavy atom. The van der Waals surface area contributed by atoms with Crippen LogP contribution in [0.15, 0.2) is 35.5 Å². The van der Waals surface area contributed by atoms with E-state index in [2.05, 4.69) is 44.7 Å². The molecule has 11 heteroatoms. The second-order valence-corrected chi connectivity index (χ2v) is 11.4. The number of carbonyl (C=O) groups is 1. The van der Waals surface area contributed by atoms with Crippen LogP contribution >= 0.6 is 0 Å². The van der Waals surface area contributed by atoms with E-state index in [1.54, 1.807) is 25.4 Å². The second kappa shape index (κ2) is 10.3. The van der Waals surface area contributed by atoms with Crippen molar-refractivity contribution in [2.45, 2.75) is 44.3 Å². The summed E-state index contributed by atoms with van der Waals surface area (Å²) in [6.07, 6.45) is 5.39. The number of fused-ring (bicyclic) bond motifs is 2. The quantitative estimate of drug-likeness (QED) is 0.263. The van der Waals surface area contributed by atoms with Gasteiger partial charge in [-0.3, -0.25) is 9.79 Å². The van der Waals surface area contributed by atoms with Gasteiger partial charge in [0.25, 0.3) is 5.91 Å². The van der Waals surface area contributed by atoms with Crippen LogP contribution in [0.1, 0.15) is 42.6 Å². The molecular formula is C29H35FN8O2. The van der Waals surface area contributed by atoms with Crippen LogP contribution < -0.4 is 31.3 Å². The smallest absolute Gasteiger partial charge is 0.317 e. The number of aromatic nitrogens is 2. The highest BCUT2D eigenvalue weighted by molar-refractivity contribution is 6.14. The number of aliphatic imine (C=N–C) groups is 1. The molecule has 7 rings (SSSR count). The van der Waals surface area contributed by atoms with Crippen molar-refractivity contribution < 1.29 is 13.9 Å². The summed E-state index contributed by atoms with van der Waals surface area (Å²) in [4.78, 5) is 29.1. The number of hydrogen-bond donors (Lipinski definition) is 4. The number of halogens is 1. The molecule has 10 nitrogen and oxygen atoms in total. The van der Waals surface area contributed by atoms with Crippen molar-refractivity contribution >= 4 is 40.1 Å². The molecule has 0 radical (unpaired) electrons. The number of nitrogens with one attached hydrogen (secondary N) is 3. The molecule has 2 bridgehead atoms. The van der Waals surface area contributed by atoms with Gasteiger partial charge in [0.2, 0.25) is 0 Å². The predicted octanol–water partition coefficient (Wildman–Crippen LogP) is 2.97. The third kappa shape index (κ3) is 4.95. The molecule has 1 amide bonds. The summed E-state index contributed by atoms with van der Waals surface area (Å²) in [5.74, 6) is -0.333. The lowest BCUT2D eigenvalue weighted by atomic mass is 9.74. The largest absolute Gasteiger partial charge is 0.461 e. The number of rotatable bonds is 7. The zero-order chi connectivity index (χ0) is 28.0. The maximum atomic E-state index is 14.5. The number of benzene rings is 2. The van der Waals surface area contributed by atoms with E-state index in [1.165, 1.54) is 12.3 Å². The van der Waals surface area contributed by atoms with E-state index < -0.39 is 11.7 Å². The maximum absolute atomic E-state index is 14.5. The first-order valence-electron chi connectivity index (χ1n) is 13.7. The number of piperazine rings is 1. The van der Waals surface area contributed by atoms with Gasteiger partial charge in [0.05, 0.1) is 22.3 Å². The fourth-order valence-electron chi connectivity index (χ4n) is 6.36. The van der Waals surface area contributed by atoms with Crippen LogP contribution in [-0.2, 0) is 0 Å². The minimum absolute atomic E-state index is 0.00313. The molecule has 3 saturated heterocycles. The van der Waals surface area contributed by atoms with Crippen LogP contribution in [0.3, 0.4) is 0 Å². The number of ether oxygens (including phenoxy) is 1. The van der Waals surface area contributed by atoms with Crippen LogP contribution in [0.4, 0.5) is 21.5 Å². The summed E-state index contributed by atoms with van der Waals surface area (Å²) < 4.78 is 20.6. The van der Waals surface area contributed by atoms with E-state index in [1.807, 2.05) is 6.07 Å². The number of nitrogens with two attached hydrogens (primary N) is 1. The summed E-state index contributed by atoms with van der Waals surface area (Å²) in [6, 6.07) is 7.31. The lowest BCUT2D eigenvalue weighted by Gasteiger charge is -2.38. The molecule has 3 aromatic rings. The van der Waals surface area contributed by atoms with Crippen molar-refractivity contribution in [2.24, 2.45) is 10.9 Å². The molecule has 2 atom stereocenters. The van der Waals surface area contributed by atoms with Crippen LogP contribution in [0.2, 0.25) is 0 Å². The molecule has 1 aromatic heterocycles. The van der Waals surface area contributed by atoms with Crippen molar-refractivity contribution in [2.75, 3.05) is 49.2 Å². The van der Waals surface area contributed by atoms with Crippen molar-refractivity contribution in [1.29, 1.82) is 0 Å². The topological polar surface area (TPSA) is 130 Å². The lowest BCUT2D eigenvalue weighted by Crippen LogP contribution is -2.54. The van der Waals surface area contributed by atoms with Gasteiger partial charge in [-0.1, -0.05) is 0 Å². The second-order valence-electron chi connectivity index (χ2n) is 11.4. The van der Waals surface area contributed by atoms with E-state index in [-0.39, 0.29) is 22.9 Å². The van der Waals surface area contributed by atoms with Crippen molar-refractivity contribution in [3.8, 4) is 6.01 Å². The van der Waals surface area contributed by atoms with Crippen LogP contribution in [0.25, 0.3) is 10.9 Å². The van der Waals surface area contributed by atoms with Gasteiger partial charge in [-0.15, -0.1) is 0 Å². The number of amides is 1. The number of nitrogens with zero attached hydrogens (tertiary/aromatic N) is 4. The zero-order valence-corrected chi connectivity index (χ0v) is 23.0. The highest BCUT2D eigenvalue weighted by Gasteiger charge is 2.50. The maximum Gasteiger partial charge on any atom is 0.317 e.